The Morgan fingerprint density at radius 1 is 1.04 bits per heavy atom. The number of hydrogen-bond donors (Lipinski definition) is 3. The number of fused-ring (bicyclic) bond motifs is 1. The SMILES string of the molecule is CCOC(=O)C1CCN(C(=O)[C@@H]2CCCN2C(=O)[C@@H](NC(=O)c2cc3cc(C(F)(F)P(=O)(O)O)ccc3s2)C(C)(C)C)CC1c1ccccc1. The Bertz CT molecular complexity index is 1810. The maximum Gasteiger partial charge on any atom is 0.399 e. The van der Waals surface area contributed by atoms with Gasteiger partial charge in [0, 0.05) is 35.8 Å². The molecule has 2 aromatic carbocycles. The zero-order valence-electron chi connectivity index (χ0n) is 28.3. The van der Waals surface area contributed by atoms with Crippen molar-refractivity contribution >= 4 is 52.7 Å². The van der Waals surface area contributed by atoms with Gasteiger partial charge in [-0.1, -0.05) is 57.2 Å². The molecule has 2 fully saturated rings. The van der Waals surface area contributed by atoms with Crippen LogP contribution < -0.4 is 5.32 Å². The first-order valence-corrected chi connectivity index (χ1v) is 19.0. The molecule has 0 aliphatic carbocycles. The number of amides is 3. The lowest BCUT2D eigenvalue weighted by Crippen LogP contribution is -2.58. The predicted molar refractivity (Wildman–Crippen MR) is 184 cm³/mol. The first kappa shape index (κ1) is 37.5. The summed E-state index contributed by atoms with van der Waals surface area (Å²) in [6.07, 6.45) is 1.45. The average molecular weight is 734 g/mol. The van der Waals surface area contributed by atoms with Crippen molar-refractivity contribution in [3.63, 3.8) is 0 Å². The van der Waals surface area contributed by atoms with Crippen LogP contribution in [0.4, 0.5) is 8.78 Å². The Labute approximate surface area is 293 Å². The van der Waals surface area contributed by atoms with Crippen LogP contribution in [0.15, 0.2) is 54.6 Å². The van der Waals surface area contributed by atoms with Crippen molar-refractivity contribution in [2.24, 2.45) is 11.3 Å². The summed E-state index contributed by atoms with van der Waals surface area (Å²) in [5, 5.41) is 3.00. The highest BCUT2D eigenvalue weighted by atomic mass is 32.1. The number of hydrogen-bond acceptors (Lipinski definition) is 7. The minimum atomic E-state index is -5.79. The first-order chi connectivity index (χ1) is 23.4. The number of halogens is 2. The second kappa shape index (κ2) is 14.5. The van der Waals surface area contributed by atoms with Gasteiger partial charge in [-0.05, 0) is 60.7 Å². The van der Waals surface area contributed by atoms with Gasteiger partial charge in [-0.15, -0.1) is 11.3 Å². The lowest BCUT2D eigenvalue weighted by molar-refractivity contribution is -0.153. The molecule has 0 bridgehead atoms. The van der Waals surface area contributed by atoms with Crippen molar-refractivity contribution in [3.05, 3.63) is 70.6 Å². The number of carbonyl (C=O) groups is 4. The van der Waals surface area contributed by atoms with Gasteiger partial charge in [0.25, 0.3) is 5.91 Å². The Morgan fingerprint density at radius 3 is 2.38 bits per heavy atom. The Kier molecular flexibility index (Phi) is 10.9. The number of carbonyl (C=O) groups excluding carboxylic acids is 4. The number of nitrogens with one attached hydrogen (secondary N) is 1. The van der Waals surface area contributed by atoms with Gasteiger partial charge in [-0.3, -0.25) is 23.7 Å². The van der Waals surface area contributed by atoms with Crippen LogP contribution in [0.2, 0.25) is 0 Å². The van der Waals surface area contributed by atoms with E-state index in [-0.39, 0.29) is 41.2 Å². The summed E-state index contributed by atoms with van der Waals surface area (Å²) in [6.45, 7) is 8.31. The highest BCUT2D eigenvalue weighted by Gasteiger charge is 2.50. The molecular formula is C35H42F2N3O8PS. The van der Waals surface area contributed by atoms with Crippen molar-refractivity contribution in [1.82, 2.24) is 15.1 Å². The molecule has 2 aliphatic rings. The van der Waals surface area contributed by atoms with Crippen molar-refractivity contribution in [1.29, 1.82) is 0 Å². The molecule has 0 spiro atoms. The maximum absolute atomic E-state index is 14.4. The van der Waals surface area contributed by atoms with Crippen LogP contribution in [-0.4, -0.2) is 81.6 Å². The molecule has 3 heterocycles. The molecule has 3 amide bonds. The Hall–Kier alpha value is -3.71. The molecular weight excluding hydrogens is 691 g/mol. The van der Waals surface area contributed by atoms with Gasteiger partial charge in [0.05, 0.1) is 17.4 Å². The van der Waals surface area contributed by atoms with Gasteiger partial charge in [0.1, 0.15) is 12.1 Å². The van der Waals surface area contributed by atoms with Crippen LogP contribution >= 0.6 is 18.9 Å². The molecule has 3 aromatic rings. The number of thiophene rings is 1. The van der Waals surface area contributed by atoms with E-state index in [1.807, 2.05) is 30.3 Å². The third kappa shape index (κ3) is 7.63. The maximum atomic E-state index is 14.4. The zero-order valence-corrected chi connectivity index (χ0v) is 30.0. The third-order valence-corrected chi connectivity index (χ3v) is 11.5. The van der Waals surface area contributed by atoms with Crippen LogP contribution in [0.1, 0.15) is 73.7 Å². The summed E-state index contributed by atoms with van der Waals surface area (Å²) >= 11 is 0.987. The lowest BCUT2D eigenvalue weighted by atomic mass is 9.80. The summed E-state index contributed by atoms with van der Waals surface area (Å²) in [7, 11) is -5.79. The second-order valence-electron chi connectivity index (χ2n) is 13.9. The van der Waals surface area contributed by atoms with Gasteiger partial charge in [-0.25, -0.2) is 0 Å². The molecule has 5 rings (SSSR count). The quantitative estimate of drug-likeness (QED) is 0.194. The van der Waals surface area contributed by atoms with Crippen molar-refractivity contribution in [3.8, 4) is 0 Å². The fourth-order valence-corrected chi connectivity index (χ4v) is 8.17. The van der Waals surface area contributed by atoms with Gasteiger partial charge in [-0.2, -0.15) is 8.78 Å². The molecule has 270 valence electrons. The summed E-state index contributed by atoms with van der Waals surface area (Å²) in [6, 6.07) is 12.2. The van der Waals surface area contributed by atoms with Crippen LogP contribution in [0, 0.1) is 11.3 Å². The smallest absolute Gasteiger partial charge is 0.399 e. The summed E-state index contributed by atoms with van der Waals surface area (Å²) < 4.78 is 45.9. The number of ether oxygens (including phenoxy) is 1. The van der Waals surface area contributed by atoms with Gasteiger partial charge in [0.15, 0.2) is 0 Å². The van der Waals surface area contributed by atoms with Crippen LogP contribution in [0.5, 0.6) is 0 Å². The number of piperidine rings is 1. The molecule has 3 N–H and O–H groups in total. The summed E-state index contributed by atoms with van der Waals surface area (Å²) in [5.41, 5.74) is -5.14. The standard InChI is InChI=1S/C35H42F2N3O8PS/c1-5-48-33(44)24-15-17-39(20-25(24)21-10-7-6-8-11-21)31(42)26-12-9-16-40(26)32(43)29(34(2,3)4)38-30(41)28-19-22-18-23(13-14-27(22)50-28)35(36,37)49(45,46)47/h6-8,10-11,13-14,18-19,24-26,29H,5,9,12,15-17,20H2,1-4H3,(H,38,41)(H2,45,46,47)/t24?,25?,26-,29+/m0/s1. The van der Waals surface area contributed by atoms with Crippen LogP contribution in [0.25, 0.3) is 10.1 Å². The number of likely N-dealkylation sites (tertiary alicyclic amines) is 2. The minimum absolute atomic E-state index is 0.115. The van der Waals surface area contributed by atoms with Gasteiger partial charge in [0.2, 0.25) is 11.8 Å². The van der Waals surface area contributed by atoms with E-state index in [2.05, 4.69) is 5.32 Å². The fourth-order valence-electron chi connectivity index (χ4n) is 6.75. The molecule has 2 saturated heterocycles. The highest BCUT2D eigenvalue weighted by Crippen LogP contribution is 2.59. The molecule has 0 radical (unpaired) electrons. The molecule has 0 saturated carbocycles. The zero-order chi connectivity index (χ0) is 36.6. The number of nitrogens with zero attached hydrogens (tertiary/aromatic N) is 2. The minimum Gasteiger partial charge on any atom is -0.466 e. The average Bonchev–Trinajstić information content (AvgIpc) is 3.73. The van der Waals surface area contributed by atoms with E-state index in [0.29, 0.717) is 37.1 Å². The molecule has 4 atom stereocenters. The Morgan fingerprint density at radius 2 is 1.74 bits per heavy atom. The van der Waals surface area contributed by atoms with E-state index in [1.165, 1.54) is 17.0 Å². The van der Waals surface area contributed by atoms with E-state index in [0.717, 1.165) is 29.0 Å². The molecule has 2 aliphatic heterocycles. The van der Waals surface area contributed by atoms with E-state index >= 15 is 0 Å². The van der Waals surface area contributed by atoms with Crippen molar-refractivity contribution < 1.29 is 47.0 Å². The fraction of sp³-hybridized carbons (Fsp3) is 0.486. The molecule has 50 heavy (non-hydrogen) atoms. The van der Waals surface area contributed by atoms with E-state index < -0.39 is 54.1 Å². The summed E-state index contributed by atoms with van der Waals surface area (Å²) in [5.74, 6) is -2.26. The van der Waals surface area contributed by atoms with Gasteiger partial charge < -0.3 is 29.6 Å². The number of esters is 1. The van der Waals surface area contributed by atoms with E-state index in [9.17, 15) is 32.5 Å². The van der Waals surface area contributed by atoms with Crippen molar-refractivity contribution in [2.45, 2.75) is 70.6 Å². The van der Waals surface area contributed by atoms with E-state index in [1.54, 1.807) is 32.6 Å². The van der Waals surface area contributed by atoms with E-state index in [4.69, 9.17) is 14.5 Å². The molecule has 1 aromatic heterocycles. The lowest BCUT2D eigenvalue weighted by Gasteiger charge is -2.40. The Balaban J connectivity index is 1.34. The monoisotopic (exact) mass is 733 g/mol. The molecule has 2 unspecified atom stereocenters. The second-order valence-corrected chi connectivity index (χ2v) is 16.6. The number of rotatable bonds is 9. The van der Waals surface area contributed by atoms with Crippen LogP contribution in [-0.2, 0) is 29.3 Å². The summed E-state index contributed by atoms with van der Waals surface area (Å²) in [4.78, 5) is 76.4. The topological polar surface area (TPSA) is 154 Å². The van der Waals surface area contributed by atoms with Crippen molar-refractivity contribution in [2.75, 3.05) is 26.2 Å². The molecule has 11 nitrogen and oxygen atoms in total. The highest BCUT2D eigenvalue weighted by molar-refractivity contribution is 7.52. The normalized spacial score (nSPS) is 20.8. The number of benzene rings is 2. The van der Waals surface area contributed by atoms with Gasteiger partial charge >= 0.3 is 19.2 Å². The third-order valence-electron chi connectivity index (χ3n) is 9.40. The number of alkyl halides is 2. The first-order valence-electron chi connectivity index (χ1n) is 16.5. The molecule has 15 heteroatoms. The largest absolute Gasteiger partial charge is 0.466 e. The van der Waals surface area contributed by atoms with Crippen LogP contribution in [0.3, 0.4) is 0 Å². The predicted octanol–water partition coefficient (Wildman–Crippen LogP) is 5.46.